The Morgan fingerprint density at radius 3 is 1.89 bits per heavy atom. The van der Waals surface area contributed by atoms with Crippen LogP contribution in [0.2, 0.25) is 0 Å². The summed E-state index contributed by atoms with van der Waals surface area (Å²) in [6.45, 7) is 13.5. The molecule has 0 aromatic carbocycles. The van der Waals surface area contributed by atoms with E-state index in [2.05, 4.69) is 39.5 Å². The summed E-state index contributed by atoms with van der Waals surface area (Å²) in [7, 11) is 0. The minimum absolute atomic E-state index is 0.132. The van der Waals surface area contributed by atoms with E-state index < -0.39 is 0 Å². The molecule has 0 rings (SSSR count). The van der Waals surface area contributed by atoms with Gasteiger partial charge in [0.15, 0.2) is 0 Å². The molecule has 2 nitrogen and oxygen atoms in total. The molecule has 0 aliphatic carbocycles. The summed E-state index contributed by atoms with van der Waals surface area (Å²) < 4.78 is 0. The maximum absolute atomic E-state index is 6.40. The molecular weight excluding hydrogens is 220 g/mol. The van der Waals surface area contributed by atoms with Crippen molar-refractivity contribution in [1.82, 2.24) is 4.90 Å². The van der Waals surface area contributed by atoms with Gasteiger partial charge in [-0.05, 0) is 33.4 Å². The van der Waals surface area contributed by atoms with Crippen LogP contribution in [-0.2, 0) is 0 Å². The summed E-state index contributed by atoms with van der Waals surface area (Å²) in [4.78, 5) is 2.48. The van der Waals surface area contributed by atoms with E-state index >= 15 is 0 Å². The summed E-state index contributed by atoms with van der Waals surface area (Å²) in [6.07, 6.45) is 9.29. The average Bonchev–Trinajstić information content (AvgIpc) is 2.34. The highest BCUT2D eigenvalue weighted by Gasteiger charge is 2.30. The molecule has 2 N–H and O–H groups in total. The minimum Gasteiger partial charge on any atom is -0.326 e. The standard InChI is InChI=1S/C16H36N2/c1-6-9-10-11-12-13-14-15(17)16(4,5)18(7-2)8-3/h15H,6-14,17H2,1-5H3. The van der Waals surface area contributed by atoms with Gasteiger partial charge in [-0.1, -0.05) is 59.3 Å². The summed E-state index contributed by atoms with van der Waals surface area (Å²) in [5.74, 6) is 0. The fourth-order valence-electron chi connectivity index (χ4n) is 2.77. The Bertz CT molecular complexity index is 186. The van der Waals surface area contributed by atoms with Gasteiger partial charge in [0.25, 0.3) is 0 Å². The van der Waals surface area contributed by atoms with Crippen LogP contribution in [0.25, 0.3) is 0 Å². The molecule has 0 amide bonds. The summed E-state index contributed by atoms with van der Waals surface area (Å²) in [6, 6.07) is 0.295. The number of nitrogens with zero attached hydrogens (tertiary/aromatic N) is 1. The third-order valence-corrected chi connectivity index (χ3v) is 4.35. The van der Waals surface area contributed by atoms with Crippen molar-refractivity contribution in [2.24, 2.45) is 5.73 Å². The molecule has 0 aliphatic heterocycles. The van der Waals surface area contributed by atoms with Gasteiger partial charge in [0.05, 0.1) is 0 Å². The Balaban J connectivity index is 3.88. The van der Waals surface area contributed by atoms with Crippen LogP contribution in [0.15, 0.2) is 0 Å². The van der Waals surface area contributed by atoms with E-state index in [1.165, 1.54) is 38.5 Å². The van der Waals surface area contributed by atoms with Crippen molar-refractivity contribution in [2.45, 2.75) is 91.1 Å². The van der Waals surface area contributed by atoms with Crippen molar-refractivity contribution in [3.63, 3.8) is 0 Å². The molecule has 0 bridgehead atoms. The van der Waals surface area contributed by atoms with Crippen molar-refractivity contribution >= 4 is 0 Å². The molecule has 0 fully saturated rings. The first-order chi connectivity index (χ1) is 8.50. The van der Waals surface area contributed by atoms with Crippen molar-refractivity contribution < 1.29 is 0 Å². The minimum atomic E-state index is 0.132. The van der Waals surface area contributed by atoms with Crippen LogP contribution < -0.4 is 5.73 Å². The van der Waals surface area contributed by atoms with E-state index in [1.54, 1.807) is 0 Å². The van der Waals surface area contributed by atoms with Gasteiger partial charge >= 0.3 is 0 Å². The highest BCUT2D eigenvalue weighted by molar-refractivity contribution is 4.90. The fourth-order valence-corrected chi connectivity index (χ4v) is 2.77. The second-order valence-electron chi connectivity index (χ2n) is 5.99. The number of hydrogen-bond donors (Lipinski definition) is 1. The number of hydrogen-bond acceptors (Lipinski definition) is 2. The smallest absolute Gasteiger partial charge is 0.0303 e. The fraction of sp³-hybridized carbons (Fsp3) is 1.00. The molecule has 18 heavy (non-hydrogen) atoms. The number of nitrogens with two attached hydrogens (primary N) is 1. The van der Waals surface area contributed by atoms with E-state index in [9.17, 15) is 0 Å². The van der Waals surface area contributed by atoms with E-state index in [4.69, 9.17) is 5.73 Å². The van der Waals surface area contributed by atoms with Gasteiger partial charge in [0.2, 0.25) is 0 Å². The lowest BCUT2D eigenvalue weighted by atomic mass is 9.89. The summed E-state index contributed by atoms with van der Waals surface area (Å²) in [5, 5.41) is 0. The first kappa shape index (κ1) is 17.9. The van der Waals surface area contributed by atoms with E-state index in [0.717, 1.165) is 19.5 Å². The lowest BCUT2D eigenvalue weighted by Gasteiger charge is -2.42. The molecule has 110 valence electrons. The van der Waals surface area contributed by atoms with Crippen LogP contribution in [0, 0.1) is 0 Å². The van der Waals surface area contributed by atoms with Gasteiger partial charge in [0, 0.05) is 11.6 Å². The van der Waals surface area contributed by atoms with Gasteiger partial charge < -0.3 is 5.73 Å². The number of likely N-dealkylation sites (N-methyl/N-ethyl adjacent to an activating group) is 1. The maximum atomic E-state index is 6.40. The second kappa shape index (κ2) is 9.80. The largest absolute Gasteiger partial charge is 0.326 e. The zero-order valence-corrected chi connectivity index (χ0v) is 13.5. The zero-order chi connectivity index (χ0) is 14.0. The second-order valence-corrected chi connectivity index (χ2v) is 5.99. The zero-order valence-electron chi connectivity index (χ0n) is 13.5. The third kappa shape index (κ3) is 6.19. The van der Waals surface area contributed by atoms with Gasteiger partial charge in [-0.3, -0.25) is 4.90 Å². The monoisotopic (exact) mass is 256 g/mol. The van der Waals surface area contributed by atoms with Crippen molar-refractivity contribution in [2.75, 3.05) is 13.1 Å². The number of rotatable bonds is 11. The molecule has 1 atom stereocenters. The molecule has 0 aromatic heterocycles. The van der Waals surface area contributed by atoms with Crippen LogP contribution in [0.4, 0.5) is 0 Å². The maximum Gasteiger partial charge on any atom is 0.0303 e. The Morgan fingerprint density at radius 1 is 0.889 bits per heavy atom. The van der Waals surface area contributed by atoms with E-state index in [1.807, 2.05) is 0 Å². The molecule has 0 spiro atoms. The van der Waals surface area contributed by atoms with Crippen LogP contribution in [0.5, 0.6) is 0 Å². The number of unbranched alkanes of at least 4 members (excludes halogenated alkanes) is 5. The molecule has 0 saturated carbocycles. The molecule has 0 aromatic rings. The first-order valence-electron chi connectivity index (χ1n) is 8.01. The highest BCUT2D eigenvalue weighted by Crippen LogP contribution is 2.21. The normalized spacial score (nSPS) is 14.2. The van der Waals surface area contributed by atoms with Crippen LogP contribution in [-0.4, -0.2) is 29.6 Å². The average molecular weight is 256 g/mol. The molecule has 0 saturated heterocycles. The molecule has 0 aliphatic rings. The lowest BCUT2D eigenvalue weighted by molar-refractivity contribution is 0.102. The van der Waals surface area contributed by atoms with Crippen molar-refractivity contribution in [3.05, 3.63) is 0 Å². The molecule has 2 heteroatoms. The molecule has 1 unspecified atom stereocenters. The summed E-state index contributed by atoms with van der Waals surface area (Å²) >= 11 is 0. The van der Waals surface area contributed by atoms with Crippen molar-refractivity contribution in [3.8, 4) is 0 Å². The molecule has 0 heterocycles. The molecular formula is C16H36N2. The van der Waals surface area contributed by atoms with Crippen molar-refractivity contribution in [1.29, 1.82) is 0 Å². The van der Waals surface area contributed by atoms with E-state index in [-0.39, 0.29) is 5.54 Å². The van der Waals surface area contributed by atoms with E-state index in [0.29, 0.717) is 6.04 Å². The van der Waals surface area contributed by atoms with Gasteiger partial charge in [-0.15, -0.1) is 0 Å². The van der Waals surface area contributed by atoms with Gasteiger partial charge in [-0.2, -0.15) is 0 Å². The van der Waals surface area contributed by atoms with Gasteiger partial charge in [-0.25, -0.2) is 0 Å². The quantitative estimate of drug-likeness (QED) is 0.562. The highest BCUT2D eigenvalue weighted by atomic mass is 15.2. The molecule has 0 radical (unpaired) electrons. The summed E-state index contributed by atoms with van der Waals surface area (Å²) in [5.41, 5.74) is 6.53. The Morgan fingerprint density at radius 2 is 1.39 bits per heavy atom. The predicted molar refractivity (Wildman–Crippen MR) is 83.0 cm³/mol. The van der Waals surface area contributed by atoms with Crippen LogP contribution in [0.1, 0.15) is 79.6 Å². The van der Waals surface area contributed by atoms with Crippen LogP contribution >= 0.6 is 0 Å². The lowest BCUT2D eigenvalue weighted by Crippen LogP contribution is -2.55. The van der Waals surface area contributed by atoms with Crippen LogP contribution in [0.3, 0.4) is 0 Å². The Labute approximate surface area is 115 Å². The topological polar surface area (TPSA) is 29.3 Å². The first-order valence-corrected chi connectivity index (χ1v) is 8.01. The third-order valence-electron chi connectivity index (χ3n) is 4.35. The predicted octanol–water partition coefficient (Wildman–Crippen LogP) is 4.18. The Kier molecular flexibility index (Phi) is 9.76. The van der Waals surface area contributed by atoms with Gasteiger partial charge in [0.1, 0.15) is 0 Å². The Hall–Kier alpha value is -0.0800. The SMILES string of the molecule is CCCCCCCCC(N)C(C)(C)N(CC)CC.